The van der Waals surface area contributed by atoms with Gasteiger partial charge < -0.3 is 14.7 Å². The number of benzene rings is 1. The van der Waals surface area contributed by atoms with Crippen molar-refractivity contribution in [3.63, 3.8) is 0 Å². The number of rotatable bonds is 4. The highest BCUT2D eigenvalue weighted by Crippen LogP contribution is 2.22. The standard InChI is InChI=1S/C25H35FN4O3/c26-22-9-7-20(8-10-22)24(32)30-13-5-6-21(18-30)25(33)29-16-14-27(15-17-29)19-23(31)28-11-3-1-2-4-12-28/h7-10,21H,1-6,11-19H2. The first kappa shape index (κ1) is 23.7. The first-order chi connectivity index (χ1) is 16.0. The molecule has 1 unspecified atom stereocenters. The zero-order valence-electron chi connectivity index (χ0n) is 19.4. The van der Waals surface area contributed by atoms with Crippen LogP contribution < -0.4 is 0 Å². The average Bonchev–Trinajstić information content (AvgIpc) is 3.14. The number of amides is 3. The first-order valence-electron chi connectivity index (χ1n) is 12.3. The van der Waals surface area contributed by atoms with Crippen LogP contribution in [-0.4, -0.2) is 96.2 Å². The van der Waals surface area contributed by atoms with Crippen LogP contribution >= 0.6 is 0 Å². The fraction of sp³-hybridized carbons (Fsp3) is 0.640. The van der Waals surface area contributed by atoms with Crippen molar-refractivity contribution < 1.29 is 18.8 Å². The summed E-state index contributed by atoms with van der Waals surface area (Å²) in [5.74, 6) is -0.410. The van der Waals surface area contributed by atoms with Crippen LogP contribution in [0.25, 0.3) is 0 Å². The molecular weight excluding hydrogens is 423 g/mol. The lowest BCUT2D eigenvalue weighted by atomic mass is 9.95. The molecule has 0 spiro atoms. The highest BCUT2D eigenvalue weighted by molar-refractivity contribution is 5.94. The Kier molecular flexibility index (Phi) is 7.96. The van der Waals surface area contributed by atoms with Crippen molar-refractivity contribution in [3.05, 3.63) is 35.6 Å². The Morgan fingerprint density at radius 3 is 2.06 bits per heavy atom. The molecule has 3 amide bonds. The van der Waals surface area contributed by atoms with Gasteiger partial charge in [0, 0.05) is 57.9 Å². The van der Waals surface area contributed by atoms with Crippen LogP contribution in [0.5, 0.6) is 0 Å². The van der Waals surface area contributed by atoms with Crippen LogP contribution in [0.1, 0.15) is 48.9 Å². The third kappa shape index (κ3) is 6.10. The molecule has 0 bridgehead atoms. The summed E-state index contributed by atoms with van der Waals surface area (Å²) >= 11 is 0. The van der Waals surface area contributed by atoms with Gasteiger partial charge in [0.25, 0.3) is 5.91 Å². The van der Waals surface area contributed by atoms with Gasteiger partial charge in [-0.3, -0.25) is 19.3 Å². The summed E-state index contributed by atoms with van der Waals surface area (Å²) in [5.41, 5.74) is 0.451. The monoisotopic (exact) mass is 458 g/mol. The van der Waals surface area contributed by atoms with Gasteiger partial charge in [-0.25, -0.2) is 4.39 Å². The van der Waals surface area contributed by atoms with Crippen molar-refractivity contribution in [1.82, 2.24) is 19.6 Å². The summed E-state index contributed by atoms with van der Waals surface area (Å²) in [4.78, 5) is 46.4. The minimum absolute atomic E-state index is 0.102. The van der Waals surface area contributed by atoms with Crippen molar-refractivity contribution in [2.24, 2.45) is 5.92 Å². The molecule has 0 radical (unpaired) electrons. The Morgan fingerprint density at radius 2 is 1.39 bits per heavy atom. The SMILES string of the molecule is O=C(CN1CCN(C(=O)C2CCCN(C(=O)c3ccc(F)cc3)C2)CC1)N1CCCCCC1. The molecule has 1 atom stereocenters. The molecule has 0 aromatic heterocycles. The van der Waals surface area contributed by atoms with E-state index in [1.807, 2.05) is 9.80 Å². The lowest BCUT2D eigenvalue weighted by Gasteiger charge is -2.39. The van der Waals surface area contributed by atoms with Crippen LogP contribution in [0.15, 0.2) is 24.3 Å². The zero-order chi connectivity index (χ0) is 23.2. The molecular formula is C25H35FN4O3. The summed E-state index contributed by atoms with van der Waals surface area (Å²) in [7, 11) is 0. The smallest absolute Gasteiger partial charge is 0.253 e. The number of piperazine rings is 1. The van der Waals surface area contributed by atoms with Crippen LogP contribution in [0, 0.1) is 11.7 Å². The Labute approximate surface area is 195 Å². The molecule has 3 aliphatic rings. The molecule has 3 aliphatic heterocycles. The van der Waals surface area contributed by atoms with Gasteiger partial charge in [0.15, 0.2) is 0 Å². The highest BCUT2D eigenvalue weighted by atomic mass is 19.1. The van der Waals surface area contributed by atoms with Gasteiger partial charge in [-0.05, 0) is 49.9 Å². The van der Waals surface area contributed by atoms with Crippen LogP contribution in [0.2, 0.25) is 0 Å². The van der Waals surface area contributed by atoms with Gasteiger partial charge in [0.2, 0.25) is 11.8 Å². The first-order valence-corrected chi connectivity index (χ1v) is 12.3. The van der Waals surface area contributed by atoms with E-state index < -0.39 is 0 Å². The van der Waals surface area contributed by atoms with Crippen molar-refractivity contribution in [2.75, 3.05) is 58.9 Å². The number of carbonyl (C=O) groups is 3. The normalized spacial score (nSPS) is 22.7. The second-order valence-electron chi connectivity index (χ2n) is 9.49. The molecule has 3 heterocycles. The fourth-order valence-corrected chi connectivity index (χ4v) is 5.13. The summed E-state index contributed by atoms with van der Waals surface area (Å²) in [6.45, 7) is 5.84. The van der Waals surface area contributed by atoms with E-state index >= 15 is 0 Å². The van der Waals surface area contributed by atoms with E-state index in [1.54, 1.807) is 4.90 Å². The minimum Gasteiger partial charge on any atom is -0.342 e. The summed E-state index contributed by atoms with van der Waals surface area (Å²) in [6, 6.07) is 5.57. The van der Waals surface area contributed by atoms with Gasteiger partial charge >= 0.3 is 0 Å². The molecule has 1 aromatic carbocycles. The number of halogens is 1. The number of hydrogen-bond acceptors (Lipinski definition) is 4. The van der Waals surface area contributed by atoms with Crippen LogP contribution in [0.4, 0.5) is 4.39 Å². The van der Waals surface area contributed by atoms with E-state index in [0.29, 0.717) is 51.4 Å². The summed E-state index contributed by atoms with van der Waals surface area (Å²) in [6.07, 6.45) is 6.16. The third-order valence-corrected chi connectivity index (χ3v) is 7.15. The van der Waals surface area contributed by atoms with Gasteiger partial charge in [-0.1, -0.05) is 12.8 Å². The Hall–Kier alpha value is -2.48. The molecule has 0 aliphatic carbocycles. The van der Waals surface area contributed by atoms with E-state index in [1.165, 1.54) is 37.1 Å². The predicted octanol–water partition coefficient (Wildman–Crippen LogP) is 2.22. The Morgan fingerprint density at radius 1 is 0.758 bits per heavy atom. The maximum absolute atomic E-state index is 13.2. The number of likely N-dealkylation sites (tertiary alicyclic amines) is 2. The van der Waals surface area contributed by atoms with Crippen molar-refractivity contribution >= 4 is 17.7 Å². The molecule has 7 nitrogen and oxygen atoms in total. The van der Waals surface area contributed by atoms with Crippen molar-refractivity contribution in [2.45, 2.75) is 38.5 Å². The van der Waals surface area contributed by atoms with Crippen molar-refractivity contribution in [3.8, 4) is 0 Å². The largest absolute Gasteiger partial charge is 0.342 e. The zero-order valence-corrected chi connectivity index (χ0v) is 19.4. The number of hydrogen-bond donors (Lipinski definition) is 0. The van der Waals surface area contributed by atoms with E-state index in [2.05, 4.69) is 4.90 Å². The average molecular weight is 459 g/mol. The topological polar surface area (TPSA) is 64.2 Å². The molecule has 1 aromatic rings. The van der Waals surface area contributed by atoms with Gasteiger partial charge in [-0.15, -0.1) is 0 Å². The second-order valence-corrected chi connectivity index (χ2v) is 9.49. The van der Waals surface area contributed by atoms with Gasteiger partial charge in [0.05, 0.1) is 12.5 Å². The number of piperidine rings is 1. The molecule has 3 fully saturated rings. The fourth-order valence-electron chi connectivity index (χ4n) is 5.13. The quantitative estimate of drug-likeness (QED) is 0.694. The molecule has 0 N–H and O–H groups in total. The van der Waals surface area contributed by atoms with E-state index in [4.69, 9.17) is 0 Å². The predicted molar refractivity (Wildman–Crippen MR) is 123 cm³/mol. The highest BCUT2D eigenvalue weighted by Gasteiger charge is 2.33. The van der Waals surface area contributed by atoms with Gasteiger partial charge in [0.1, 0.15) is 5.82 Å². The molecule has 180 valence electrons. The Bertz CT molecular complexity index is 831. The molecule has 4 rings (SSSR count). The molecule has 0 saturated carbocycles. The van der Waals surface area contributed by atoms with E-state index in [-0.39, 0.29) is 29.5 Å². The molecule has 8 heteroatoms. The van der Waals surface area contributed by atoms with E-state index in [0.717, 1.165) is 38.8 Å². The second kappa shape index (κ2) is 11.1. The van der Waals surface area contributed by atoms with Gasteiger partial charge in [-0.2, -0.15) is 0 Å². The maximum atomic E-state index is 13.2. The lowest BCUT2D eigenvalue weighted by Crippen LogP contribution is -2.54. The third-order valence-electron chi connectivity index (χ3n) is 7.15. The number of nitrogens with zero attached hydrogens (tertiary/aromatic N) is 4. The summed E-state index contributed by atoms with van der Waals surface area (Å²) < 4.78 is 13.2. The van der Waals surface area contributed by atoms with Crippen LogP contribution in [-0.2, 0) is 9.59 Å². The molecule has 3 saturated heterocycles. The maximum Gasteiger partial charge on any atom is 0.253 e. The lowest BCUT2D eigenvalue weighted by molar-refractivity contribution is -0.139. The van der Waals surface area contributed by atoms with Crippen molar-refractivity contribution in [1.29, 1.82) is 0 Å². The molecule has 33 heavy (non-hydrogen) atoms. The van der Waals surface area contributed by atoms with E-state index in [9.17, 15) is 18.8 Å². The van der Waals surface area contributed by atoms with Crippen LogP contribution in [0.3, 0.4) is 0 Å². The number of carbonyl (C=O) groups excluding carboxylic acids is 3. The summed E-state index contributed by atoms with van der Waals surface area (Å²) in [5, 5.41) is 0. The Balaban J connectivity index is 1.25. The minimum atomic E-state index is -0.370.